The number of fused-ring (bicyclic) bond motifs is 1. The molecular weight excluding hydrogens is 456 g/mol. The topological polar surface area (TPSA) is 83.6 Å². The van der Waals surface area contributed by atoms with Crippen molar-refractivity contribution in [1.82, 2.24) is 9.88 Å². The van der Waals surface area contributed by atoms with Crippen LogP contribution in [0.15, 0.2) is 24.3 Å². The lowest BCUT2D eigenvalue weighted by atomic mass is 10.1. The number of morpholine rings is 1. The lowest BCUT2D eigenvalue weighted by molar-refractivity contribution is -0.111. The largest absolute Gasteiger partial charge is 0.378 e. The van der Waals surface area contributed by atoms with Gasteiger partial charge < -0.3 is 20.3 Å². The molecule has 3 heterocycles. The van der Waals surface area contributed by atoms with E-state index in [2.05, 4.69) is 15.6 Å². The number of pyridine rings is 1. The Kier molecular flexibility index (Phi) is 6.73. The molecule has 2 amide bonds. The lowest BCUT2D eigenvalue weighted by Crippen LogP contribution is -2.45. The molecule has 7 nitrogen and oxygen atoms in total. The van der Waals surface area contributed by atoms with Gasteiger partial charge in [0.05, 0.1) is 18.9 Å². The Morgan fingerprint density at radius 3 is 2.48 bits per heavy atom. The van der Waals surface area contributed by atoms with Gasteiger partial charge in [-0.25, -0.2) is 4.98 Å². The summed E-state index contributed by atoms with van der Waals surface area (Å²) in [5, 5.41) is 6.67. The van der Waals surface area contributed by atoms with Crippen LogP contribution in [0.2, 0.25) is 0 Å². The van der Waals surface area contributed by atoms with Gasteiger partial charge in [-0.1, -0.05) is 29.9 Å². The maximum absolute atomic E-state index is 13.4. The molecule has 1 aromatic carbocycles. The monoisotopic (exact) mass is 482 g/mol. The Hall–Kier alpha value is -2.88. The van der Waals surface area contributed by atoms with Crippen molar-refractivity contribution in [2.45, 2.75) is 27.7 Å². The highest BCUT2D eigenvalue weighted by atomic mass is 32.1. The average Bonchev–Trinajstić information content (AvgIpc) is 3.14. The van der Waals surface area contributed by atoms with Gasteiger partial charge in [-0.3, -0.25) is 9.59 Å². The van der Waals surface area contributed by atoms with Crippen molar-refractivity contribution in [3.63, 3.8) is 0 Å². The third kappa shape index (κ3) is 4.90. The summed E-state index contributed by atoms with van der Waals surface area (Å²) in [7, 11) is 0. The van der Waals surface area contributed by atoms with Gasteiger partial charge >= 0.3 is 0 Å². The van der Waals surface area contributed by atoms with Crippen LogP contribution in [0.25, 0.3) is 10.2 Å². The van der Waals surface area contributed by atoms with E-state index < -0.39 is 5.91 Å². The Balaban J connectivity index is 1.70. The van der Waals surface area contributed by atoms with Gasteiger partial charge in [0.1, 0.15) is 9.71 Å². The number of thiophene rings is 1. The number of amides is 2. The highest BCUT2D eigenvalue weighted by molar-refractivity contribution is 7.82. The Labute approximate surface area is 202 Å². The molecule has 33 heavy (non-hydrogen) atoms. The van der Waals surface area contributed by atoms with Crippen molar-refractivity contribution in [2.75, 3.05) is 36.9 Å². The van der Waals surface area contributed by atoms with Crippen molar-refractivity contribution >= 4 is 61.9 Å². The second kappa shape index (κ2) is 9.54. The number of aryl methyl sites for hydroxylation is 4. The van der Waals surface area contributed by atoms with Crippen molar-refractivity contribution in [1.29, 1.82) is 0 Å². The molecule has 0 aliphatic carbocycles. The van der Waals surface area contributed by atoms with Gasteiger partial charge in [0, 0.05) is 29.9 Å². The molecule has 1 aliphatic heterocycles. The van der Waals surface area contributed by atoms with E-state index in [1.807, 2.05) is 56.9 Å². The molecule has 0 radical (unpaired) electrons. The zero-order valence-electron chi connectivity index (χ0n) is 19.1. The number of benzene rings is 1. The van der Waals surface area contributed by atoms with Crippen molar-refractivity contribution in [2.24, 2.45) is 0 Å². The molecule has 2 aromatic heterocycles. The minimum atomic E-state index is -0.410. The summed E-state index contributed by atoms with van der Waals surface area (Å²) in [6, 6.07) is 7.79. The van der Waals surface area contributed by atoms with E-state index in [-0.39, 0.29) is 10.9 Å². The minimum Gasteiger partial charge on any atom is -0.378 e. The van der Waals surface area contributed by atoms with Gasteiger partial charge in [-0.15, -0.1) is 11.3 Å². The van der Waals surface area contributed by atoms with Crippen LogP contribution in [-0.2, 0) is 9.53 Å². The summed E-state index contributed by atoms with van der Waals surface area (Å²) in [5.41, 5.74) is 5.05. The fourth-order valence-electron chi connectivity index (χ4n) is 3.93. The first-order chi connectivity index (χ1) is 15.7. The molecule has 0 atom stereocenters. The molecule has 9 heteroatoms. The number of hydrogen-bond donors (Lipinski definition) is 2. The van der Waals surface area contributed by atoms with E-state index in [0.717, 1.165) is 33.5 Å². The second-order valence-electron chi connectivity index (χ2n) is 8.20. The summed E-state index contributed by atoms with van der Waals surface area (Å²) in [6.07, 6.45) is 0. The van der Waals surface area contributed by atoms with E-state index >= 15 is 0 Å². The van der Waals surface area contributed by atoms with Crippen molar-refractivity contribution in [3.05, 3.63) is 51.5 Å². The van der Waals surface area contributed by atoms with Gasteiger partial charge in [-0.05, 0) is 51.0 Å². The highest BCUT2D eigenvalue weighted by Gasteiger charge is 2.26. The van der Waals surface area contributed by atoms with Crippen LogP contribution in [0.4, 0.5) is 11.4 Å². The summed E-state index contributed by atoms with van der Waals surface area (Å²) < 4.78 is 5.35. The molecule has 1 fully saturated rings. The van der Waals surface area contributed by atoms with Gasteiger partial charge in [0.2, 0.25) is 0 Å². The van der Waals surface area contributed by atoms with Crippen LogP contribution < -0.4 is 10.6 Å². The van der Waals surface area contributed by atoms with E-state index in [9.17, 15) is 9.59 Å². The fourth-order valence-corrected chi connectivity index (χ4v) is 5.31. The average molecular weight is 483 g/mol. The highest BCUT2D eigenvalue weighted by Crippen LogP contribution is 2.38. The lowest BCUT2D eigenvalue weighted by Gasteiger charge is -2.28. The number of hydrogen-bond acceptors (Lipinski definition) is 6. The third-order valence-corrected chi connectivity index (χ3v) is 7.08. The number of carbonyl (C=O) groups excluding carboxylic acids is 2. The van der Waals surface area contributed by atoms with Crippen LogP contribution in [0.5, 0.6) is 0 Å². The smallest absolute Gasteiger partial charge is 0.283 e. The number of ether oxygens (including phenoxy) is 1. The van der Waals surface area contributed by atoms with Crippen LogP contribution >= 0.6 is 23.6 Å². The first kappa shape index (κ1) is 23.3. The Bertz CT molecular complexity index is 1260. The Morgan fingerprint density at radius 2 is 1.79 bits per heavy atom. The van der Waals surface area contributed by atoms with E-state index in [4.69, 9.17) is 17.0 Å². The fraction of sp³-hybridized carbons (Fsp3) is 0.333. The quantitative estimate of drug-likeness (QED) is 0.539. The number of anilines is 2. The molecule has 0 unspecified atom stereocenters. The standard InChI is InChI=1S/C24H26N4O3S2/c1-13-5-6-17(14(2)11-13)26-21(29)20-19(18-15(3)12-16(4)25-23(18)33-20)27-22(30)24(32)28-7-9-31-10-8-28/h5-6,11-12H,7-10H2,1-4H3,(H,26,29)(H,27,30). The first-order valence-electron chi connectivity index (χ1n) is 10.7. The number of nitrogens with zero attached hydrogens (tertiary/aromatic N) is 2. The van der Waals surface area contributed by atoms with Crippen LogP contribution in [0.1, 0.15) is 32.1 Å². The van der Waals surface area contributed by atoms with E-state index in [1.54, 1.807) is 0 Å². The molecule has 172 valence electrons. The molecular formula is C24H26N4O3S2. The predicted molar refractivity (Wildman–Crippen MR) is 137 cm³/mol. The predicted octanol–water partition coefficient (Wildman–Crippen LogP) is 4.38. The number of nitrogens with one attached hydrogen (secondary N) is 2. The molecule has 0 spiro atoms. The summed E-state index contributed by atoms with van der Waals surface area (Å²) >= 11 is 6.70. The number of carbonyl (C=O) groups is 2. The summed E-state index contributed by atoms with van der Waals surface area (Å²) in [4.78, 5) is 34.1. The van der Waals surface area contributed by atoms with Crippen LogP contribution in [0.3, 0.4) is 0 Å². The molecule has 0 bridgehead atoms. The van der Waals surface area contributed by atoms with Gasteiger partial charge in [0.25, 0.3) is 11.8 Å². The maximum Gasteiger partial charge on any atom is 0.283 e. The SMILES string of the molecule is Cc1ccc(NC(=O)c2sc3nc(C)cc(C)c3c2NC(=O)C(=S)N2CCOCC2)c(C)c1. The van der Waals surface area contributed by atoms with Gasteiger partial charge in [0.15, 0.2) is 4.99 Å². The minimum absolute atomic E-state index is 0.191. The molecule has 3 aromatic rings. The van der Waals surface area contributed by atoms with Crippen LogP contribution in [0, 0.1) is 27.7 Å². The number of aromatic nitrogens is 1. The molecule has 1 aliphatic rings. The Morgan fingerprint density at radius 1 is 1.06 bits per heavy atom. The summed E-state index contributed by atoms with van der Waals surface area (Å²) in [6.45, 7) is 10.0. The number of rotatable bonds is 3. The molecule has 2 N–H and O–H groups in total. The number of thiocarbonyl (C=S) groups is 1. The van der Waals surface area contributed by atoms with Crippen LogP contribution in [-0.4, -0.2) is 53.0 Å². The zero-order chi connectivity index (χ0) is 23.7. The van der Waals surface area contributed by atoms with Crippen molar-refractivity contribution < 1.29 is 14.3 Å². The van der Waals surface area contributed by atoms with Crippen molar-refractivity contribution in [3.8, 4) is 0 Å². The first-order valence-corrected chi connectivity index (χ1v) is 11.9. The third-order valence-electron chi connectivity index (χ3n) is 5.55. The zero-order valence-corrected chi connectivity index (χ0v) is 20.7. The second-order valence-corrected chi connectivity index (χ2v) is 9.58. The van der Waals surface area contributed by atoms with E-state index in [0.29, 0.717) is 41.7 Å². The maximum atomic E-state index is 13.4. The molecule has 0 saturated carbocycles. The molecule has 1 saturated heterocycles. The van der Waals surface area contributed by atoms with Gasteiger partial charge in [-0.2, -0.15) is 0 Å². The van der Waals surface area contributed by atoms with E-state index in [1.165, 1.54) is 11.3 Å². The normalized spacial score (nSPS) is 13.8. The molecule has 4 rings (SSSR count). The summed E-state index contributed by atoms with van der Waals surface area (Å²) in [5.74, 6) is -0.707.